The van der Waals surface area contributed by atoms with Crippen molar-refractivity contribution in [2.75, 3.05) is 86.1 Å². The first-order chi connectivity index (χ1) is 20.6. The first-order valence-electron chi connectivity index (χ1n) is 14.6. The number of piperazine rings is 1. The van der Waals surface area contributed by atoms with Crippen LogP contribution in [0.4, 0.5) is 34.5 Å². The van der Waals surface area contributed by atoms with Crippen molar-refractivity contribution in [1.29, 1.82) is 0 Å². The number of rotatable bonds is 10. The molecule has 0 bridgehead atoms. The maximum Gasteiger partial charge on any atom is 0.232 e. The number of nitrogens with zero attached hydrogens (tertiary/aromatic N) is 5. The summed E-state index contributed by atoms with van der Waals surface area (Å²) in [6, 6.07) is 11.2. The molecular weight excluding hydrogens is 588 g/mol. The Bertz CT molecular complexity index is 1530. The van der Waals surface area contributed by atoms with Gasteiger partial charge in [0.2, 0.25) is 16.0 Å². The van der Waals surface area contributed by atoms with Gasteiger partial charge in [0.15, 0.2) is 5.82 Å². The molecule has 2 aromatic carbocycles. The van der Waals surface area contributed by atoms with Gasteiger partial charge in [-0.25, -0.2) is 13.4 Å². The SMILES string of the molecule is COc1cc(N2CCC(CN3CCNCC3)CC2)c(C)cc1Nc1ncc(Cl)c(Nc2ccccc2N(C)S(C)(=O)=O)n1. The lowest BCUT2D eigenvalue weighted by Crippen LogP contribution is -2.47. The smallest absolute Gasteiger partial charge is 0.232 e. The number of anilines is 6. The number of hydrogen-bond acceptors (Lipinski definition) is 10. The zero-order chi connectivity index (χ0) is 30.6. The Labute approximate surface area is 259 Å². The van der Waals surface area contributed by atoms with Crippen LogP contribution in [0.15, 0.2) is 42.6 Å². The summed E-state index contributed by atoms with van der Waals surface area (Å²) in [5.74, 6) is 2.09. The molecule has 0 atom stereocenters. The van der Waals surface area contributed by atoms with Gasteiger partial charge in [0.25, 0.3) is 0 Å². The van der Waals surface area contributed by atoms with Crippen molar-refractivity contribution in [2.24, 2.45) is 5.92 Å². The molecule has 2 fully saturated rings. The van der Waals surface area contributed by atoms with E-state index in [9.17, 15) is 8.42 Å². The molecule has 2 aliphatic heterocycles. The highest BCUT2D eigenvalue weighted by atomic mass is 35.5. The third-order valence-electron chi connectivity index (χ3n) is 8.18. The minimum absolute atomic E-state index is 0.293. The van der Waals surface area contributed by atoms with Crippen LogP contribution in [0.25, 0.3) is 0 Å². The minimum atomic E-state index is -3.47. The highest BCUT2D eigenvalue weighted by Crippen LogP contribution is 2.37. The second-order valence-corrected chi connectivity index (χ2v) is 13.6. The van der Waals surface area contributed by atoms with Crippen molar-refractivity contribution in [2.45, 2.75) is 19.8 Å². The van der Waals surface area contributed by atoms with Crippen molar-refractivity contribution >= 4 is 56.1 Å². The Morgan fingerprint density at radius 1 is 1.09 bits per heavy atom. The molecule has 232 valence electrons. The topological polar surface area (TPSA) is 115 Å². The van der Waals surface area contributed by atoms with Gasteiger partial charge in [0.1, 0.15) is 10.8 Å². The van der Waals surface area contributed by atoms with Crippen LogP contribution in [0.1, 0.15) is 18.4 Å². The zero-order valence-corrected chi connectivity index (χ0v) is 26.8. The standard InChI is InChI=1S/C30H41ClN8O3S/c1-21-17-25(28(42-3)18-27(21)39-13-9-22(10-14-39)20-38-15-11-32-12-16-38)35-30-33-19-23(31)29(36-30)34-24-7-5-6-8-26(24)37(2)43(4,40)41/h5-8,17-19,22,32H,9-16,20H2,1-4H3,(H2,33,34,35,36). The third-order valence-corrected chi connectivity index (χ3v) is 9.65. The van der Waals surface area contributed by atoms with Crippen LogP contribution in [-0.2, 0) is 10.0 Å². The van der Waals surface area contributed by atoms with Crippen LogP contribution in [0.5, 0.6) is 5.75 Å². The molecule has 3 N–H and O–H groups in total. The molecule has 0 amide bonds. The minimum Gasteiger partial charge on any atom is -0.494 e. The lowest BCUT2D eigenvalue weighted by molar-refractivity contribution is 0.190. The van der Waals surface area contributed by atoms with Crippen LogP contribution < -0.4 is 29.9 Å². The quantitative estimate of drug-likeness (QED) is 0.297. The summed E-state index contributed by atoms with van der Waals surface area (Å²) < 4.78 is 31.3. The molecule has 13 heteroatoms. The van der Waals surface area contributed by atoms with E-state index in [1.807, 2.05) is 0 Å². The summed E-state index contributed by atoms with van der Waals surface area (Å²) in [5, 5.41) is 10.2. The number of hydrogen-bond donors (Lipinski definition) is 3. The number of piperidine rings is 1. The molecule has 5 rings (SSSR count). The van der Waals surface area contributed by atoms with Gasteiger partial charge in [-0.1, -0.05) is 23.7 Å². The van der Waals surface area contributed by atoms with E-state index in [1.165, 1.54) is 42.6 Å². The summed E-state index contributed by atoms with van der Waals surface area (Å²) in [5.41, 5.74) is 4.05. The van der Waals surface area contributed by atoms with Crippen LogP contribution >= 0.6 is 11.6 Å². The van der Waals surface area contributed by atoms with Gasteiger partial charge in [0, 0.05) is 64.6 Å². The summed E-state index contributed by atoms with van der Waals surface area (Å²) in [6.45, 7) is 9.83. The highest BCUT2D eigenvalue weighted by Gasteiger charge is 2.24. The van der Waals surface area contributed by atoms with Crippen molar-refractivity contribution in [3.8, 4) is 5.75 Å². The number of halogens is 1. The normalized spacial score (nSPS) is 16.6. The van der Waals surface area contributed by atoms with E-state index in [4.69, 9.17) is 16.3 Å². The molecule has 1 aromatic heterocycles. The Hall–Kier alpha value is -3.32. The predicted molar refractivity (Wildman–Crippen MR) is 175 cm³/mol. The van der Waals surface area contributed by atoms with E-state index in [-0.39, 0.29) is 0 Å². The summed E-state index contributed by atoms with van der Waals surface area (Å²) in [6.07, 6.45) is 5.02. The Morgan fingerprint density at radius 2 is 1.81 bits per heavy atom. The Balaban J connectivity index is 1.30. The van der Waals surface area contributed by atoms with Gasteiger partial charge < -0.3 is 30.5 Å². The van der Waals surface area contributed by atoms with Gasteiger partial charge in [-0.15, -0.1) is 0 Å². The monoisotopic (exact) mass is 628 g/mol. The number of sulfonamides is 1. The lowest BCUT2D eigenvalue weighted by atomic mass is 9.95. The summed E-state index contributed by atoms with van der Waals surface area (Å²) in [7, 11) is -0.313. The van der Waals surface area contributed by atoms with Crippen LogP contribution in [0.2, 0.25) is 5.02 Å². The Morgan fingerprint density at radius 3 is 2.51 bits per heavy atom. The number of aromatic nitrogens is 2. The van der Waals surface area contributed by atoms with E-state index >= 15 is 0 Å². The average Bonchev–Trinajstić information content (AvgIpc) is 2.99. The first kappa shape index (κ1) is 31.1. The third kappa shape index (κ3) is 7.61. The first-order valence-corrected chi connectivity index (χ1v) is 16.8. The fraction of sp³-hybridized carbons (Fsp3) is 0.467. The molecule has 2 saturated heterocycles. The van der Waals surface area contributed by atoms with Gasteiger partial charge in [-0.05, 0) is 49.4 Å². The van der Waals surface area contributed by atoms with Crippen molar-refractivity contribution in [3.05, 3.63) is 53.2 Å². The maximum atomic E-state index is 12.2. The van der Waals surface area contributed by atoms with E-state index in [0.29, 0.717) is 33.9 Å². The van der Waals surface area contributed by atoms with Crippen LogP contribution in [-0.4, -0.2) is 89.5 Å². The molecule has 11 nitrogen and oxygen atoms in total. The molecule has 0 unspecified atom stereocenters. The fourth-order valence-corrected chi connectivity index (χ4v) is 6.35. The van der Waals surface area contributed by atoms with E-state index in [0.717, 1.165) is 62.7 Å². The van der Waals surface area contributed by atoms with Gasteiger partial charge >= 0.3 is 0 Å². The molecule has 0 radical (unpaired) electrons. The van der Waals surface area contributed by atoms with Gasteiger partial charge in [0.05, 0.1) is 36.6 Å². The van der Waals surface area contributed by atoms with E-state index < -0.39 is 10.0 Å². The number of nitrogens with one attached hydrogen (secondary N) is 3. The summed E-state index contributed by atoms with van der Waals surface area (Å²) >= 11 is 6.44. The van der Waals surface area contributed by atoms with Crippen LogP contribution in [0, 0.1) is 12.8 Å². The number of aryl methyl sites for hydroxylation is 1. The molecule has 2 aliphatic rings. The zero-order valence-electron chi connectivity index (χ0n) is 25.2. The molecule has 0 aliphatic carbocycles. The van der Waals surface area contributed by atoms with Crippen molar-refractivity contribution in [1.82, 2.24) is 20.2 Å². The number of methoxy groups -OCH3 is 1. The molecular formula is C30H41ClN8O3S. The van der Waals surface area contributed by atoms with E-state index in [1.54, 1.807) is 31.4 Å². The average molecular weight is 629 g/mol. The number of para-hydroxylation sites is 2. The van der Waals surface area contributed by atoms with Gasteiger partial charge in [-0.2, -0.15) is 4.98 Å². The summed E-state index contributed by atoms with van der Waals surface area (Å²) in [4.78, 5) is 14.0. The molecule has 43 heavy (non-hydrogen) atoms. The number of ether oxygens (including phenoxy) is 1. The lowest BCUT2D eigenvalue weighted by Gasteiger charge is -2.38. The van der Waals surface area contributed by atoms with Gasteiger partial charge in [-0.3, -0.25) is 4.31 Å². The van der Waals surface area contributed by atoms with E-state index in [2.05, 4.69) is 54.8 Å². The second-order valence-electron chi connectivity index (χ2n) is 11.2. The molecule has 3 heterocycles. The molecule has 3 aromatic rings. The highest BCUT2D eigenvalue weighted by molar-refractivity contribution is 7.92. The van der Waals surface area contributed by atoms with Crippen LogP contribution in [0.3, 0.4) is 0 Å². The molecule has 0 saturated carbocycles. The predicted octanol–water partition coefficient (Wildman–Crippen LogP) is 4.45. The number of benzene rings is 2. The second kappa shape index (κ2) is 13.5. The fourth-order valence-electron chi connectivity index (χ4n) is 5.70. The Kier molecular flexibility index (Phi) is 9.80. The largest absolute Gasteiger partial charge is 0.494 e. The van der Waals surface area contributed by atoms with Crippen molar-refractivity contribution < 1.29 is 13.2 Å². The van der Waals surface area contributed by atoms with Crippen molar-refractivity contribution in [3.63, 3.8) is 0 Å². The molecule has 0 spiro atoms. The maximum absolute atomic E-state index is 12.2.